The van der Waals surface area contributed by atoms with E-state index in [0.29, 0.717) is 0 Å². The number of carbonyl (C=O) groups excluding carboxylic acids is 1. The first-order chi connectivity index (χ1) is 6.40. The molecule has 2 rings (SSSR count). The minimum atomic E-state index is 0.820. The fraction of sp³-hybridized carbons (Fsp3) is 0.417. The molecule has 0 heterocycles. The molecule has 0 spiro atoms. The van der Waals surface area contributed by atoms with Crippen molar-refractivity contribution in [3.05, 3.63) is 34.9 Å². The van der Waals surface area contributed by atoms with Crippen LogP contribution in [-0.2, 0) is 12.8 Å². The van der Waals surface area contributed by atoms with Crippen LogP contribution in [0.15, 0.2) is 18.2 Å². The molecule has 1 heteroatoms. The highest BCUT2D eigenvalue weighted by Gasteiger charge is 2.07. The standard InChI is InChI=1S/C12H14O/c13-9-10-6-7-11-4-2-1-3-5-12(11)8-10/h6-9H,1-5H2. The van der Waals surface area contributed by atoms with Gasteiger partial charge >= 0.3 is 0 Å². The van der Waals surface area contributed by atoms with Crippen LogP contribution in [0.1, 0.15) is 40.7 Å². The van der Waals surface area contributed by atoms with Gasteiger partial charge in [-0.3, -0.25) is 4.79 Å². The van der Waals surface area contributed by atoms with Crippen molar-refractivity contribution in [2.45, 2.75) is 32.1 Å². The topological polar surface area (TPSA) is 17.1 Å². The lowest BCUT2D eigenvalue weighted by Crippen LogP contribution is -1.92. The Bertz CT molecular complexity index is 315. The zero-order valence-corrected chi connectivity index (χ0v) is 7.75. The largest absolute Gasteiger partial charge is 0.298 e. The van der Waals surface area contributed by atoms with Gasteiger partial charge < -0.3 is 0 Å². The second-order valence-corrected chi connectivity index (χ2v) is 3.71. The van der Waals surface area contributed by atoms with Crippen molar-refractivity contribution >= 4 is 6.29 Å². The number of aldehydes is 1. The van der Waals surface area contributed by atoms with E-state index in [2.05, 4.69) is 6.07 Å². The van der Waals surface area contributed by atoms with Crippen LogP contribution in [0.2, 0.25) is 0 Å². The van der Waals surface area contributed by atoms with Crippen molar-refractivity contribution in [2.24, 2.45) is 0 Å². The molecule has 0 radical (unpaired) electrons. The summed E-state index contributed by atoms with van der Waals surface area (Å²) < 4.78 is 0. The highest BCUT2D eigenvalue weighted by atomic mass is 16.1. The lowest BCUT2D eigenvalue weighted by atomic mass is 10.0. The maximum absolute atomic E-state index is 10.6. The predicted octanol–water partition coefficient (Wildman–Crippen LogP) is 2.77. The van der Waals surface area contributed by atoms with Gasteiger partial charge in [0.2, 0.25) is 0 Å². The van der Waals surface area contributed by atoms with Crippen LogP contribution in [0.3, 0.4) is 0 Å². The van der Waals surface area contributed by atoms with Gasteiger partial charge in [-0.15, -0.1) is 0 Å². The Morgan fingerprint density at radius 3 is 2.54 bits per heavy atom. The summed E-state index contributed by atoms with van der Waals surface area (Å²) in [5, 5.41) is 0. The van der Waals surface area contributed by atoms with Crippen LogP contribution in [0, 0.1) is 0 Å². The molecule has 1 aliphatic carbocycles. The molecule has 0 saturated carbocycles. The molecule has 13 heavy (non-hydrogen) atoms. The summed E-state index contributed by atoms with van der Waals surface area (Å²) in [6.07, 6.45) is 7.17. The first-order valence-corrected chi connectivity index (χ1v) is 4.97. The van der Waals surface area contributed by atoms with E-state index in [1.165, 1.54) is 36.8 Å². The highest BCUT2D eigenvalue weighted by molar-refractivity contribution is 5.75. The number of carbonyl (C=O) groups is 1. The van der Waals surface area contributed by atoms with E-state index < -0.39 is 0 Å². The fourth-order valence-electron chi connectivity index (χ4n) is 2.00. The Morgan fingerprint density at radius 1 is 1.00 bits per heavy atom. The zero-order chi connectivity index (χ0) is 9.10. The summed E-state index contributed by atoms with van der Waals surface area (Å²) in [4.78, 5) is 10.6. The fourth-order valence-corrected chi connectivity index (χ4v) is 2.00. The maximum Gasteiger partial charge on any atom is 0.150 e. The number of benzene rings is 1. The Kier molecular flexibility index (Phi) is 2.44. The third kappa shape index (κ3) is 1.80. The van der Waals surface area contributed by atoms with Crippen LogP contribution in [0.5, 0.6) is 0 Å². The lowest BCUT2D eigenvalue weighted by molar-refractivity contribution is 0.112. The Hall–Kier alpha value is -1.11. The van der Waals surface area contributed by atoms with Crippen molar-refractivity contribution < 1.29 is 4.79 Å². The number of fused-ring (bicyclic) bond motifs is 1. The van der Waals surface area contributed by atoms with Crippen LogP contribution in [0.4, 0.5) is 0 Å². The minimum Gasteiger partial charge on any atom is -0.298 e. The first-order valence-electron chi connectivity index (χ1n) is 4.97. The number of hydrogen-bond donors (Lipinski definition) is 0. The van der Waals surface area contributed by atoms with Gasteiger partial charge in [-0.05, 0) is 42.9 Å². The monoisotopic (exact) mass is 174 g/mol. The third-order valence-electron chi connectivity index (χ3n) is 2.76. The minimum absolute atomic E-state index is 0.820. The maximum atomic E-state index is 10.6. The molecular weight excluding hydrogens is 160 g/mol. The first kappa shape index (κ1) is 8.49. The molecule has 1 aliphatic rings. The van der Waals surface area contributed by atoms with E-state index in [-0.39, 0.29) is 0 Å². The molecule has 0 atom stereocenters. The highest BCUT2D eigenvalue weighted by Crippen LogP contribution is 2.21. The second-order valence-electron chi connectivity index (χ2n) is 3.71. The van der Waals surface area contributed by atoms with E-state index in [9.17, 15) is 4.79 Å². The molecule has 0 amide bonds. The van der Waals surface area contributed by atoms with Crippen molar-refractivity contribution in [1.29, 1.82) is 0 Å². The smallest absolute Gasteiger partial charge is 0.150 e. The van der Waals surface area contributed by atoms with E-state index in [1.807, 2.05) is 12.1 Å². The van der Waals surface area contributed by atoms with Crippen molar-refractivity contribution in [2.75, 3.05) is 0 Å². The normalized spacial score (nSPS) is 16.0. The predicted molar refractivity (Wildman–Crippen MR) is 53.1 cm³/mol. The molecule has 0 fully saturated rings. The van der Waals surface area contributed by atoms with E-state index in [0.717, 1.165) is 18.3 Å². The summed E-state index contributed by atoms with van der Waals surface area (Å²) in [6, 6.07) is 6.09. The van der Waals surface area contributed by atoms with Gasteiger partial charge in [0.15, 0.2) is 0 Å². The Morgan fingerprint density at radius 2 is 1.77 bits per heavy atom. The van der Waals surface area contributed by atoms with Gasteiger partial charge in [0.1, 0.15) is 6.29 Å². The summed E-state index contributed by atoms with van der Waals surface area (Å²) >= 11 is 0. The van der Waals surface area contributed by atoms with Crippen molar-refractivity contribution in [1.82, 2.24) is 0 Å². The van der Waals surface area contributed by atoms with E-state index >= 15 is 0 Å². The molecule has 0 saturated heterocycles. The average molecular weight is 174 g/mol. The zero-order valence-electron chi connectivity index (χ0n) is 7.75. The van der Waals surface area contributed by atoms with E-state index in [4.69, 9.17) is 0 Å². The summed E-state index contributed by atoms with van der Waals surface area (Å²) in [7, 11) is 0. The van der Waals surface area contributed by atoms with Gasteiger partial charge in [0, 0.05) is 5.56 Å². The summed E-state index contributed by atoms with van der Waals surface area (Å²) in [5.74, 6) is 0. The van der Waals surface area contributed by atoms with E-state index in [1.54, 1.807) is 0 Å². The molecule has 0 N–H and O–H groups in total. The van der Waals surface area contributed by atoms with Crippen LogP contribution in [0.25, 0.3) is 0 Å². The molecule has 1 aromatic carbocycles. The molecule has 0 aromatic heterocycles. The van der Waals surface area contributed by atoms with Gasteiger partial charge in [-0.2, -0.15) is 0 Å². The number of rotatable bonds is 1. The molecular formula is C12H14O. The van der Waals surface area contributed by atoms with Crippen molar-refractivity contribution in [3.63, 3.8) is 0 Å². The van der Waals surface area contributed by atoms with Gasteiger partial charge in [0.05, 0.1) is 0 Å². The average Bonchev–Trinajstić information content (AvgIpc) is 2.41. The lowest BCUT2D eigenvalue weighted by Gasteiger charge is -2.04. The molecule has 1 aromatic rings. The number of hydrogen-bond acceptors (Lipinski definition) is 1. The SMILES string of the molecule is O=Cc1ccc2c(c1)CCCCC2. The molecule has 68 valence electrons. The molecule has 1 nitrogen and oxygen atoms in total. The van der Waals surface area contributed by atoms with Crippen LogP contribution >= 0.6 is 0 Å². The summed E-state index contributed by atoms with van der Waals surface area (Å²) in [5.41, 5.74) is 3.66. The van der Waals surface area contributed by atoms with Crippen LogP contribution in [-0.4, -0.2) is 6.29 Å². The van der Waals surface area contributed by atoms with Crippen LogP contribution < -0.4 is 0 Å². The summed E-state index contributed by atoms with van der Waals surface area (Å²) in [6.45, 7) is 0. The van der Waals surface area contributed by atoms with Gasteiger partial charge in [-0.25, -0.2) is 0 Å². The molecule has 0 bridgehead atoms. The molecule has 0 aliphatic heterocycles. The number of aryl methyl sites for hydroxylation is 2. The Balaban J connectivity index is 2.37. The van der Waals surface area contributed by atoms with Crippen molar-refractivity contribution in [3.8, 4) is 0 Å². The Labute approximate surface area is 78.8 Å². The third-order valence-corrected chi connectivity index (χ3v) is 2.76. The van der Waals surface area contributed by atoms with Gasteiger partial charge in [-0.1, -0.05) is 18.6 Å². The second kappa shape index (κ2) is 3.73. The molecule has 0 unspecified atom stereocenters. The quantitative estimate of drug-likeness (QED) is 0.472. The van der Waals surface area contributed by atoms with Gasteiger partial charge in [0.25, 0.3) is 0 Å².